The third kappa shape index (κ3) is 1.89. The van der Waals surface area contributed by atoms with E-state index in [4.69, 9.17) is 4.98 Å². The molecule has 0 fully saturated rings. The minimum absolute atomic E-state index is 1.10. The molecular weight excluding hydrogens is 250 g/mol. The molecule has 1 aromatic heterocycles. The summed E-state index contributed by atoms with van der Waals surface area (Å²) in [6.07, 6.45) is 4.55. The Kier molecular flexibility index (Phi) is 2.49. The topological polar surface area (TPSA) is 12.9 Å². The van der Waals surface area contributed by atoms with E-state index in [-0.39, 0.29) is 0 Å². The van der Waals surface area contributed by atoms with E-state index in [1.54, 1.807) is 11.3 Å². The third-order valence-electron chi connectivity index (χ3n) is 3.64. The number of para-hydroxylation sites is 1. The fourth-order valence-electron chi connectivity index (χ4n) is 2.71. The van der Waals surface area contributed by atoms with E-state index in [1.165, 1.54) is 21.4 Å². The van der Waals surface area contributed by atoms with E-state index in [2.05, 4.69) is 48.5 Å². The van der Waals surface area contributed by atoms with E-state index in [0.29, 0.717) is 0 Å². The van der Waals surface area contributed by atoms with Crippen LogP contribution in [0.3, 0.4) is 0 Å². The van der Waals surface area contributed by atoms with Crippen molar-refractivity contribution in [1.29, 1.82) is 0 Å². The molecule has 0 atom stereocenters. The first-order valence-electron chi connectivity index (χ1n) is 6.54. The second-order valence-electron chi connectivity index (χ2n) is 4.85. The van der Waals surface area contributed by atoms with Gasteiger partial charge in [-0.25, -0.2) is 4.98 Å². The Morgan fingerprint density at radius 3 is 2.74 bits per heavy atom. The summed E-state index contributed by atoms with van der Waals surface area (Å²) in [7, 11) is 0. The van der Waals surface area contributed by atoms with Gasteiger partial charge in [0, 0.05) is 0 Å². The highest BCUT2D eigenvalue weighted by molar-refractivity contribution is 7.19. The third-order valence-corrected chi connectivity index (χ3v) is 4.62. The number of aromatic nitrogens is 1. The van der Waals surface area contributed by atoms with Gasteiger partial charge in [0.1, 0.15) is 5.01 Å². The summed E-state index contributed by atoms with van der Waals surface area (Å²) in [5.74, 6) is 0. The smallest absolute Gasteiger partial charge is 0.117 e. The summed E-state index contributed by atoms with van der Waals surface area (Å²) < 4.78 is 1.26. The zero-order chi connectivity index (χ0) is 12.7. The zero-order valence-electron chi connectivity index (χ0n) is 10.5. The molecular formula is C17H13NS. The predicted molar refractivity (Wildman–Crippen MR) is 82.3 cm³/mol. The van der Waals surface area contributed by atoms with Gasteiger partial charge in [0.25, 0.3) is 0 Å². The van der Waals surface area contributed by atoms with Crippen LogP contribution in [0.5, 0.6) is 0 Å². The number of thiazole rings is 1. The average Bonchev–Trinajstić information content (AvgIpc) is 3.03. The van der Waals surface area contributed by atoms with Crippen molar-refractivity contribution in [3.8, 4) is 0 Å². The minimum atomic E-state index is 1.10. The second kappa shape index (κ2) is 4.32. The van der Waals surface area contributed by atoms with Gasteiger partial charge in [0.2, 0.25) is 0 Å². The van der Waals surface area contributed by atoms with Crippen LogP contribution < -0.4 is 0 Å². The Morgan fingerprint density at radius 1 is 0.947 bits per heavy atom. The van der Waals surface area contributed by atoms with Crippen LogP contribution in [0.25, 0.3) is 21.9 Å². The number of allylic oxidation sites excluding steroid dienone is 1. The average molecular weight is 263 g/mol. The molecule has 0 bridgehead atoms. The Labute approximate surface area is 116 Å². The molecule has 1 aliphatic carbocycles. The van der Waals surface area contributed by atoms with Crippen molar-refractivity contribution in [2.45, 2.75) is 12.8 Å². The lowest BCUT2D eigenvalue weighted by molar-refractivity contribution is 1.08. The van der Waals surface area contributed by atoms with E-state index < -0.39 is 0 Å². The Bertz CT molecular complexity index is 750. The Hall–Kier alpha value is -1.93. The van der Waals surface area contributed by atoms with Gasteiger partial charge < -0.3 is 0 Å². The molecule has 0 N–H and O–H groups in total. The van der Waals surface area contributed by atoms with Gasteiger partial charge in [0.15, 0.2) is 0 Å². The summed E-state index contributed by atoms with van der Waals surface area (Å²) >= 11 is 1.77. The largest absolute Gasteiger partial charge is 0.237 e. The number of benzene rings is 2. The van der Waals surface area contributed by atoms with Crippen molar-refractivity contribution < 1.29 is 0 Å². The zero-order valence-corrected chi connectivity index (χ0v) is 11.3. The normalized spacial score (nSPS) is 16.1. The number of aryl methyl sites for hydroxylation is 1. The lowest BCUT2D eigenvalue weighted by Crippen LogP contribution is -1.79. The molecule has 2 aromatic carbocycles. The first-order chi connectivity index (χ1) is 9.40. The van der Waals surface area contributed by atoms with E-state index in [9.17, 15) is 0 Å². The molecule has 0 saturated heterocycles. The van der Waals surface area contributed by atoms with Crippen LogP contribution in [-0.2, 0) is 6.42 Å². The van der Waals surface area contributed by atoms with Gasteiger partial charge in [-0.15, -0.1) is 11.3 Å². The standard InChI is InChI=1S/C17H13NS/c1-2-6-14-12(5-1)9-10-13(14)11-17-18-15-7-3-4-8-16(15)19-17/h1-8,11H,9-10H2. The van der Waals surface area contributed by atoms with Crippen molar-refractivity contribution in [2.24, 2.45) is 0 Å². The van der Waals surface area contributed by atoms with Crippen molar-refractivity contribution in [2.75, 3.05) is 0 Å². The van der Waals surface area contributed by atoms with Crippen molar-refractivity contribution in [3.63, 3.8) is 0 Å². The number of hydrogen-bond donors (Lipinski definition) is 0. The van der Waals surface area contributed by atoms with Crippen molar-refractivity contribution >= 4 is 33.2 Å². The van der Waals surface area contributed by atoms with Crippen LogP contribution in [0.1, 0.15) is 22.6 Å². The van der Waals surface area contributed by atoms with Gasteiger partial charge in [-0.2, -0.15) is 0 Å². The molecule has 0 saturated carbocycles. The van der Waals surface area contributed by atoms with Crippen LogP contribution in [0.15, 0.2) is 48.5 Å². The van der Waals surface area contributed by atoms with E-state index in [0.717, 1.165) is 23.4 Å². The highest BCUT2D eigenvalue weighted by Crippen LogP contribution is 2.34. The highest BCUT2D eigenvalue weighted by atomic mass is 32.1. The molecule has 1 heterocycles. The number of fused-ring (bicyclic) bond motifs is 2. The molecule has 19 heavy (non-hydrogen) atoms. The van der Waals surface area contributed by atoms with Gasteiger partial charge >= 0.3 is 0 Å². The monoisotopic (exact) mass is 263 g/mol. The molecule has 4 rings (SSSR count). The quantitative estimate of drug-likeness (QED) is 0.615. The van der Waals surface area contributed by atoms with Crippen LogP contribution >= 0.6 is 11.3 Å². The minimum Gasteiger partial charge on any atom is -0.237 e. The van der Waals surface area contributed by atoms with Gasteiger partial charge in [-0.05, 0) is 47.8 Å². The maximum Gasteiger partial charge on any atom is 0.117 e. The Balaban J connectivity index is 1.80. The molecule has 1 aliphatic rings. The molecule has 0 amide bonds. The molecule has 0 spiro atoms. The van der Waals surface area contributed by atoms with Crippen molar-refractivity contribution in [3.05, 3.63) is 64.7 Å². The number of rotatable bonds is 1. The molecule has 0 aliphatic heterocycles. The maximum atomic E-state index is 4.69. The van der Waals surface area contributed by atoms with E-state index in [1.807, 2.05) is 6.07 Å². The van der Waals surface area contributed by atoms with Gasteiger partial charge in [0.05, 0.1) is 10.2 Å². The van der Waals surface area contributed by atoms with Crippen molar-refractivity contribution in [1.82, 2.24) is 4.98 Å². The van der Waals surface area contributed by atoms with E-state index >= 15 is 0 Å². The summed E-state index contributed by atoms with van der Waals surface area (Å²) in [6.45, 7) is 0. The second-order valence-corrected chi connectivity index (χ2v) is 5.91. The summed E-state index contributed by atoms with van der Waals surface area (Å²) in [6, 6.07) is 17.0. The molecule has 0 radical (unpaired) electrons. The molecule has 1 nitrogen and oxygen atoms in total. The Morgan fingerprint density at radius 2 is 1.79 bits per heavy atom. The van der Waals surface area contributed by atoms with Gasteiger partial charge in [-0.1, -0.05) is 36.4 Å². The lowest BCUT2D eigenvalue weighted by atomic mass is 10.1. The fraction of sp³-hybridized carbons (Fsp3) is 0.118. The number of hydrogen-bond acceptors (Lipinski definition) is 2. The SMILES string of the molecule is C(=C1CCc2ccccc21)c1nc2ccccc2s1. The molecule has 2 heteroatoms. The fourth-order valence-corrected chi connectivity index (χ4v) is 3.64. The van der Waals surface area contributed by atoms with Gasteiger partial charge in [-0.3, -0.25) is 0 Å². The predicted octanol–water partition coefficient (Wildman–Crippen LogP) is 4.78. The first kappa shape index (κ1) is 10.9. The van der Waals surface area contributed by atoms with Crippen LogP contribution in [0.2, 0.25) is 0 Å². The number of nitrogens with zero attached hydrogens (tertiary/aromatic N) is 1. The van der Waals surface area contributed by atoms with Crippen LogP contribution in [0, 0.1) is 0 Å². The highest BCUT2D eigenvalue weighted by Gasteiger charge is 2.15. The summed E-state index contributed by atoms with van der Waals surface area (Å²) in [5.41, 5.74) is 5.40. The summed E-state index contributed by atoms with van der Waals surface area (Å²) in [5, 5.41) is 1.12. The maximum absolute atomic E-state index is 4.69. The van der Waals surface area contributed by atoms with Crippen LogP contribution in [-0.4, -0.2) is 4.98 Å². The molecule has 92 valence electrons. The van der Waals surface area contributed by atoms with Crippen LogP contribution in [0.4, 0.5) is 0 Å². The first-order valence-corrected chi connectivity index (χ1v) is 7.36. The molecule has 3 aromatic rings. The molecule has 0 unspecified atom stereocenters. The lowest BCUT2D eigenvalue weighted by Gasteiger charge is -1.98. The summed E-state index contributed by atoms with van der Waals surface area (Å²) in [4.78, 5) is 4.69.